The molecule has 0 unspecified atom stereocenters. The third kappa shape index (κ3) is 7.88. The van der Waals surface area contributed by atoms with E-state index in [1.54, 1.807) is 56.5 Å². The van der Waals surface area contributed by atoms with Crippen molar-refractivity contribution in [3.63, 3.8) is 0 Å². The van der Waals surface area contributed by atoms with Crippen LogP contribution in [0.15, 0.2) is 60.2 Å². The van der Waals surface area contributed by atoms with Crippen LogP contribution < -0.4 is 20.7 Å². The molecule has 7 atom stereocenters. The van der Waals surface area contributed by atoms with Crippen LogP contribution in [0.4, 0.5) is 21.9 Å². The number of carbonyl (C=O) groups excluding carboxylic acids is 3. The molecule has 0 saturated carbocycles. The number of nitrogens with two attached hydrogens (primary N) is 1. The average Bonchev–Trinajstić information content (AvgIpc) is 3.75. The number of rotatable bonds is 4. The molecule has 3 aliphatic heterocycles. The number of hydrogen-bond acceptors (Lipinski definition) is 10. The molecule has 3 heterocycles. The van der Waals surface area contributed by atoms with Gasteiger partial charge in [0.05, 0.1) is 31.7 Å². The lowest BCUT2D eigenvalue weighted by Crippen LogP contribution is -2.53. The molecule has 49 heavy (non-hydrogen) atoms. The molecular weight excluding hydrogens is 654 g/mol. The zero-order valence-electron chi connectivity index (χ0n) is 28.5. The number of esters is 1. The average molecular weight is 698 g/mol. The first-order valence-electron chi connectivity index (χ1n) is 16.1. The molecule has 0 radical (unpaired) electrons. The van der Waals surface area contributed by atoms with Gasteiger partial charge in [0.25, 0.3) is 0 Å². The minimum Gasteiger partial charge on any atom is -0.495 e. The number of aliphatic hydroxyl groups is 1. The molecule has 2 aromatic carbocycles. The van der Waals surface area contributed by atoms with E-state index in [0.29, 0.717) is 29.2 Å². The van der Waals surface area contributed by atoms with E-state index in [-0.39, 0.29) is 24.3 Å². The fraction of sp³-hybridized carbons (Fsp3) is 0.472. The Morgan fingerprint density at radius 3 is 2.57 bits per heavy atom. The Kier molecular flexibility index (Phi) is 10.6. The second-order valence-corrected chi connectivity index (χ2v) is 13.6. The third-order valence-electron chi connectivity index (χ3n) is 9.61. The Balaban J connectivity index is 1.54. The van der Waals surface area contributed by atoms with Gasteiger partial charge in [-0.15, -0.1) is 0 Å². The van der Waals surface area contributed by atoms with Crippen LogP contribution >= 0.6 is 11.6 Å². The number of ether oxygens (including phenoxy) is 5. The molecule has 4 N–H and O–H groups in total. The summed E-state index contributed by atoms with van der Waals surface area (Å²) in [6.45, 7) is 5.52. The molecule has 2 aromatic rings. The summed E-state index contributed by atoms with van der Waals surface area (Å²) in [4.78, 5) is 41.5. The molecule has 12 nitrogen and oxygen atoms in total. The van der Waals surface area contributed by atoms with Gasteiger partial charge < -0.3 is 39.4 Å². The number of nitrogen functional groups attached to an aromatic ring is 1. The standard InChI is InChI=1S/C36H44ClN3O9/c1-20-8-7-9-28(46-6)36(44)18-27(47-31(42)19-36)21(2)33-35(3,49-33)29(48-34(43)39-24-12-10-23(38)11-13-24)17-30(41)40(4)25-15-22(14-20)16-26(45-5)32(25)37/h7-13,15-16,21,27-29,33,44H,14,17-19,38H2,1-6H3,(H,39,43)/b9-7+,20-8+/t21-,27+,28-,29+,33+,35+,36-/m1/s1. The van der Waals surface area contributed by atoms with Crippen molar-refractivity contribution in [2.75, 3.05) is 37.2 Å². The summed E-state index contributed by atoms with van der Waals surface area (Å²) in [5, 5.41) is 14.7. The third-order valence-corrected chi connectivity index (χ3v) is 9.99. The number of methoxy groups -OCH3 is 2. The second-order valence-electron chi connectivity index (χ2n) is 13.3. The summed E-state index contributed by atoms with van der Waals surface area (Å²) in [6, 6.07) is 10.1. The zero-order valence-corrected chi connectivity index (χ0v) is 29.3. The summed E-state index contributed by atoms with van der Waals surface area (Å²) >= 11 is 6.73. The fourth-order valence-electron chi connectivity index (χ4n) is 6.70. The van der Waals surface area contributed by atoms with Crippen molar-refractivity contribution in [1.29, 1.82) is 0 Å². The van der Waals surface area contributed by atoms with E-state index in [4.69, 9.17) is 41.0 Å². The quantitative estimate of drug-likeness (QED) is 0.220. The Morgan fingerprint density at radius 2 is 1.90 bits per heavy atom. The van der Waals surface area contributed by atoms with Crippen molar-refractivity contribution in [3.05, 3.63) is 70.8 Å². The molecule has 5 rings (SSSR count). The van der Waals surface area contributed by atoms with Crippen molar-refractivity contribution in [3.8, 4) is 5.75 Å². The second kappa shape index (κ2) is 14.4. The van der Waals surface area contributed by atoms with Gasteiger partial charge in [-0.1, -0.05) is 42.3 Å². The number of fused-ring (bicyclic) bond motifs is 5. The molecule has 0 aliphatic carbocycles. The smallest absolute Gasteiger partial charge is 0.412 e. The molecular formula is C36H44ClN3O9. The Hall–Kier alpha value is -4.10. The number of benzene rings is 2. The monoisotopic (exact) mass is 697 g/mol. The highest BCUT2D eigenvalue weighted by molar-refractivity contribution is 6.35. The molecule has 2 fully saturated rings. The van der Waals surface area contributed by atoms with Gasteiger partial charge in [-0.25, -0.2) is 4.79 Å². The lowest BCUT2D eigenvalue weighted by atomic mass is 9.78. The molecule has 0 aromatic heterocycles. The molecule has 0 spiro atoms. The number of amides is 2. The van der Waals surface area contributed by atoms with Crippen LogP contribution in [-0.4, -0.2) is 80.0 Å². The SMILES string of the molecule is COc1cc2cc(c1Cl)N(C)C(=O)C[C@H](OC(=O)Nc1ccc(N)cc1)[C@]1(C)O[C@H]1[C@H](C)[C@@H]1C[C@@](O)(CC(=O)O1)[C@H](OC)/C=C/C=C(\C)C2. The first-order chi connectivity index (χ1) is 23.2. The van der Waals surface area contributed by atoms with E-state index in [1.165, 1.54) is 19.1 Å². The Morgan fingerprint density at radius 1 is 1.18 bits per heavy atom. The Labute approximate surface area is 291 Å². The van der Waals surface area contributed by atoms with E-state index in [9.17, 15) is 19.5 Å². The Bertz CT molecular complexity index is 1650. The molecule has 264 valence electrons. The first-order valence-corrected chi connectivity index (χ1v) is 16.5. The summed E-state index contributed by atoms with van der Waals surface area (Å²) in [7, 11) is 4.57. The highest BCUT2D eigenvalue weighted by Gasteiger charge is 2.64. The lowest BCUT2D eigenvalue weighted by molar-refractivity contribution is -0.187. The van der Waals surface area contributed by atoms with Crippen LogP contribution in [0.5, 0.6) is 5.75 Å². The molecule has 13 heteroatoms. The van der Waals surface area contributed by atoms with E-state index >= 15 is 0 Å². The maximum absolute atomic E-state index is 14.0. The van der Waals surface area contributed by atoms with Gasteiger partial charge in [0.1, 0.15) is 40.3 Å². The van der Waals surface area contributed by atoms with Crippen LogP contribution in [0, 0.1) is 5.92 Å². The van der Waals surface area contributed by atoms with Crippen LogP contribution in [0.2, 0.25) is 5.02 Å². The summed E-state index contributed by atoms with van der Waals surface area (Å²) in [6.07, 6.45) is 1.41. The van der Waals surface area contributed by atoms with Crippen LogP contribution in [0.1, 0.15) is 45.6 Å². The number of nitrogens with zero attached hydrogens (tertiary/aromatic N) is 1. The predicted molar refractivity (Wildman–Crippen MR) is 185 cm³/mol. The largest absolute Gasteiger partial charge is 0.495 e. The van der Waals surface area contributed by atoms with Gasteiger partial charge in [0, 0.05) is 37.9 Å². The molecule has 4 bridgehead atoms. The number of anilines is 3. The van der Waals surface area contributed by atoms with E-state index in [0.717, 1.165) is 11.1 Å². The fourth-order valence-corrected chi connectivity index (χ4v) is 7.01. The summed E-state index contributed by atoms with van der Waals surface area (Å²) in [5.74, 6) is -1.03. The first kappa shape index (κ1) is 36.2. The van der Waals surface area contributed by atoms with Gasteiger partial charge in [-0.3, -0.25) is 14.9 Å². The van der Waals surface area contributed by atoms with E-state index in [1.807, 2.05) is 26.0 Å². The minimum atomic E-state index is -1.55. The zero-order chi connectivity index (χ0) is 35.7. The van der Waals surface area contributed by atoms with Crippen molar-refractivity contribution in [1.82, 2.24) is 0 Å². The number of allylic oxidation sites excluding steroid dienone is 3. The van der Waals surface area contributed by atoms with Crippen molar-refractivity contribution in [2.24, 2.45) is 5.92 Å². The van der Waals surface area contributed by atoms with E-state index < -0.39 is 59.5 Å². The summed E-state index contributed by atoms with van der Waals surface area (Å²) < 4.78 is 29.1. The lowest BCUT2D eigenvalue weighted by Gasteiger charge is -2.41. The number of epoxide rings is 1. The highest BCUT2D eigenvalue weighted by Crippen LogP contribution is 2.49. The van der Waals surface area contributed by atoms with Crippen LogP contribution in [0.3, 0.4) is 0 Å². The van der Waals surface area contributed by atoms with Gasteiger partial charge in [-0.2, -0.15) is 0 Å². The molecule has 3 aliphatic rings. The number of halogens is 1. The number of hydrogen-bond donors (Lipinski definition) is 3. The molecule has 2 saturated heterocycles. The van der Waals surface area contributed by atoms with Crippen LogP contribution in [0.25, 0.3) is 0 Å². The molecule has 2 amide bonds. The van der Waals surface area contributed by atoms with E-state index in [2.05, 4.69) is 5.32 Å². The highest BCUT2D eigenvalue weighted by atomic mass is 35.5. The normalized spacial score (nSPS) is 32.2. The van der Waals surface area contributed by atoms with Gasteiger partial charge in [0.15, 0.2) is 0 Å². The van der Waals surface area contributed by atoms with Crippen molar-refractivity contribution < 1.29 is 43.2 Å². The van der Waals surface area contributed by atoms with Gasteiger partial charge in [0.2, 0.25) is 5.91 Å². The van der Waals surface area contributed by atoms with Crippen molar-refractivity contribution in [2.45, 2.75) is 82.1 Å². The number of nitrogens with one attached hydrogen (secondary N) is 1. The summed E-state index contributed by atoms with van der Waals surface area (Å²) in [5.41, 5.74) is 6.26. The predicted octanol–water partition coefficient (Wildman–Crippen LogP) is 5.20. The maximum atomic E-state index is 14.0. The minimum absolute atomic E-state index is 0.0797. The maximum Gasteiger partial charge on any atom is 0.412 e. The number of carbonyl (C=O) groups is 3. The van der Waals surface area contributed by atoms with Crippen molar-refractivity contribution >= 4 is 46.6 Å². The van der Waals surface area contributed by atoms with Gasteiger partial charge >= 0.3 is 12.1 Å². The van der Waals surface area contributed by atoms with Gasteiger partial charge in [-0.05, 0) is 62.2 Å². The topological polar surface area (TPSA) is 162 Å². The van der Waals surface area contributed by atoms with Crippen LogP contribution in [-0.2, 0) is 35.0 Å².